The van der Waals surface area contributed by atoms with E-state index in [1.807, 2.05) is 6.07 Å². The van der Waals surface area contributed by atoms with Gasteiger partial charge in [-0.3, -0.25) is 0 Å². The summed E-state index contributed by atoms with van der Waals surface area (Å²) in [5.74, 6) is -0.173. The van der Waals surface area contributed by atoms with E-state index in [0.717, 1.165) is 18.8 Å². The number of carboxylic acid groups (broad SMARTS) is 1. The molecule has 4 rings (SSSR count). The van der Waals surface area contributed by atoms with Gasteiger partial charge in [0.2, 0.25) is 0 Å². The Kier molecular flexibility index (Phi) is 8.84. The van der Waals surface area contributed by atoms with E-state index < -0.39 is 13.2 Å². The second-order valence-electron chi connectivity index (χ2n) is 8.83. The van der Waals surface area contributed by atoms with E-state index in [0.29, 0.717) is 0 Å². The normalized spacial score (nSPS) is 10.8. The minimum absolute atomic E-state index is 0.910. The van der Waals surface area contributed by atoms with Gasteiger partial charge in [-0.25, -0.2) is 0 Å². The molecule has 180 valence electrons. The summed E-state index contributed by atoms with van der Waals surface area (Å²) in [6.07, 6.45) is 0.959. The lowest BCUT2D eigenvalue weighted by atomic mass is 10.2. The molecule has 0 radical (unpaired) electrons. The van der Waals surface area contributed by atoms with E-state index >= 15 is 0 Å². The second-order valence-corrected chi connectivity index (χ2v) is 12.3. The Balaban J connectivity index is 0.000000795. The highest BCUT2D eigenvalue weighted by Gasteiger charge is 2.45. The number of methoxy groups -OCH3 is 1. The van der Waals surface area contributed by atoms with E-state index in [4.69, 9.17) is 14.6 Å². The summed E-state index contributed by atoms with van der Waals surface area (Å²) < 4.78 is 5.56. The average Bonchev–Trinajstić information content (AvgIpc) is 2.82. The predicted molar refractivity (Wildman–Crippen MR) is 147 cm³/mol. The molecule has 0 saturated carbocycles. The summed E-state index contributed by atoms with van der Waals surface area (Å²) >= 11 is 0. The first kappa shape index (κ1) is 26.2. The number of carbonyl (C=O) groups is 1. The molecule has 4 aromatic rings. The van der Waals surface area contributed by atoms with Gasteiger partial charge in [0.15, 0.2) is 0 Å². The van der Waals surface area contributed by atoms with Gasteiger partial charge in [0.25, 0.3) is 0 Å². The molecular weight excluding hydrogens is 451 g/mol. The van der Waals surface area contributed by atoms with Crippen molar-refractivity contribution >= 4 is 29.1 Å². The van der Waals surface area contributed by atoms with Gasteiger partial charge in [-0.05, 0) is 98.5 Å². The van der Waals surface area contributed by atoms with Crippen LogP contribution in [0.5, 0.6) is 5.75 Å². The van der Waals surface area contributed by atoms with Crippen LogP contribution in [0.15, 0.2) is 97.1 Å². The summed E-state index contributed by atoms with van der Waals surface area (Å²) in [5, 5.41) is 13.2. The van der Waals surface area contributed by atoms with Crippen molar-refractivity contribution in [1.82, 2.24) is 0 Å². The highest BCUT2D eigenvalue weighted by Crippen LogP contribution is 2.58. The fraction of sp³-hybridized carbons (Fsp3) is 0.194. The van der Waals surface area contributed by atoms with E-state index in [1.165, 1.54) is 38.2 Å². The standard InChI is InChI=1S/C29H30OP.C2H4O2/c1-22-9-5-14-27(17-22)31(28-15-6-10-23(2)18-28,29-16-7-11-24(3)19-29)21-25-12-8-13-26(20-25)30-4;1-2(3)4/h5-20H,21H2,1-4H3;1H3,(H,3,4)/q+1;/p-1. The second kappa shape index (κ2) is 11.8. The molecule has 0 fully saturated rings. The van der Waals surface area contributed by atoms with Crippen molar-refractivity contribution in [3.63, 3.8) is 0 Å². The van der Waals surface area contributed by atoms with Crippen LogP contribution in [-0.4, -0.2) is 13.1 Å². The van der Waals surface area contributed by atoms with Gasteiger partial charge in [0.05, 0.1) is 13.3 Å². The van der Waals surface area contributed by atoms with Crippen LogP contribution in [0.4, 0.5) is 0 Å². The Morgan fingerprint density at radius 2 is 1.11 bits per heavy atom. The first-order chi connectivity index (χ1) is 16.7. The molecule has 4 aromatic carbocycles. The lowest BCUT2D eigenvalue weighted by Gasteiger charge is -2.28. The average molecular weight is 485 g/mol. The van der Waals surface area contributed by atoms with Crippen molar-refractivity contribution in [3.05, 3.63) is 119 Å². The number of hydrogen-bond donors (Lipinski definition) is 0. The molecule has 0 amide bonds. The van der Waals surface area contributed by atoms with E-state index in [1.54, 1.807) is 7.11 Å². The van der Waals surface area contributed by atoms with Gasteiger partial charge in [0.1, 0.15) is 28.9 Å². The van der Waals surface area contributed by atoms with Crippen LogP contribution in [0, 0.1) is 20.8 Å². The maximum absolute atomic E-state index is 8.89. The zero-order chi connectivity index (χ0) is 25.4. The fourth-order valence-electron chi connectivity index (χ4n) is 4.36. The van der Waals surface area contributed by atoms with E-state index in [-0.39, 0.29) is 0 Å². The minimum atomic E-state index is -1.94. The third kappa shape index (κ3) is 6.59. The van der Waals surface area contributed by atoms with Crippen LogP contribution in [0.25, 0.3) is 0 Å². The summed E-state index contributed by atoms with van der Waals surface area (Å²) in [7, 11) is -0.203. The Labute approximate surface area is 209 Å². The van der Waals surface area contributed by atoms with Crippen molar-refractivity contribution in [1.29, 1.82) is 0 Å². The molecule has 4 heteroatoms. The fourth-order valence-corrected chi connectivity index (χ4v) is 8.84. The van der Waals surface area contributed by atoms with Gasteiger partial charge in [0, 0.05) is 5.97 Å². The maximum atomic E-state index is 8.89. The molecular formula is C31H33O3P. The number of ether oxygens (including phenoxy) is 1. The Morgan fingerprint density at radius 1 is 0.714 bits per heavy atom. The quantitative estimate of drug-likeness (QED) is 0.367. The van der Waals surface area contributed by atoms with Crippen molar-refractivity contribution in [3.8, 4) is 5.75 Å². The molecule has 0 bridgehead atoms. The molecule has 0 aliphatic heterocycles. The zero-order valence-corrected chi connectivity index (χ0v) is 22.0. The van der Waals surface area contributed by atoms with Crippen LogP contribution in [0.1, 0.15) is 29.2 Å². The number of aryl methyl sites for hydroxylation is 3. The van der Waals surface area contributed by atoms with E-state index in [9.17, 15) is 0 Å². The third-order valence-corrected chi connectivity index (χ3v) is 10.2. The highest BCUT2D eigenvalue weighted by atomic mass is 31.2. The summed E-state index contributed by atoms with van der Waals surface area (Å²) in [6.45, 7) is 7.54. The predicted octanol–water partition coefficient (Wildman–Crippen LogP) is 4.87. The maximum Gasteiger partial charge on any atom is 0.119 e. The van der Waals surface area contributed by atoms with Crippen molar-refractivity contribution < 1.29 is 14.6 Å². The van der Waals surface area contributed by atoms with Crippen molar-refractivity contribution in [2.45, 2.75) is 33.9 Å². The SMILES string of the molecule is CC(=O)[O-].COc1cccc(C[P+](c2cccc(C)c2)(c2cccc(C)c2)c2cccc(C)c2)c1. The summed E-state index contributed by atoms with van der Waals surface area (Å²) in [6, 6.07) is 35.9. The van der Waals surface area contributed by atoms with Gasteiger partial charge < -0.3 is 14.6 Å². The van der Waals surface area contributed by atoms with Crippen LogP contribution in [0.3, 0.4) is 0 Å². The topological polar surface area (TPSA) is 49.4 Å². The molecule has 0 aliphatic rings. The Bertz CT molecular complexity index is 1180. The number of rotatable bonds is 6. The Morgan fingerprint density at radius 3 is 1.49 bits per heavy atom. The molecule has 0 heterocycles. The van der Waals surface area contributed by atoms with Crippen LogP contribution < -0.4 is 25.8 Å². The van der Waals surface area contributed by atoms with Gasteiger partial charge in [-0.15, -0.1) is 0 Å². The van der Waals surface area contributed by atoms with Gasteiger partial charge in [-0.1, -0.05) is 48.5 Å². The summed E-state index contributed by atoms with van der Waals surface area (Å²) in [4.78, 5) is 8.89. The van der Waals surface area contributed by atoms with Crippen molar-refractivity contribution in [2.75, 3.05) is 7.11 Å². The lowest BCUT2D eigenvalue weighted by Crippen LogP contribution is -2.33. The summed E-state index contributed by atoms with van der Waals surface area (Å²) in [5.41, 5.74) is 5.20. The molecule has 35 heavy (non-hydrogen) atoms. The smallest absolute Gasteiger partial charge is 0.119 e. The first-order valence-electron chi connectivity index (χ1n) is 11.6. The molecule has 0 unspecified atom stereocenters. The zero-order valence-electron chi connectivity index (χ0n) is 21.1. The Hall–Kier alpha value is -3.42. The number of benzene rings is 4. The van der Waals surface area contributed by atoms with Crippen LogP contribution in [-0.2, 0) is 11.0 Å². The molecule has 0 saturated heterocycles. The monoisotopic (exact) mass is 484 g/mol. The lowest BCUT2D eigenvalue weighted by molar-refractivity contribution is -0.302. The van der Waals surface area contributed by atoms with Crippen LogP contribution in [0.2, 0.25) is 0 Å². The number of carboxylic acids is 1. The number of carbonyl (C=O) groups excluding carboxylic acids is 1. The molecule has 0 spiro atoms. The molecule has 0 aromatic heterocycles. The van der Waals surface area contributed by atoms with Crippen molar-refractivity contribution in [2.24, 2.45) is 0 Å². The third-order valence-electron chi connectivity index (χ3n) is 5.88. The first-order valence-corrected chi connectivity index (χ1v) is 13.6. The van der Waals surface area contributed by atoms with Crippen LogP contribution >= 0.6 is 7.26 Å². The van der Waals surface area contributed by atoms with E-state index in [2.05, 4.69) is 112 Å². The molecule has 0 N–H and O–H groups in total. The number of hydrogen-bond acceptors (Lipinski definition) is 3. The highest BCUT2D eigenvalue weighted by molar-refractivity contribution is 7.95. The molecule has 0 aliphatic carbocycles. The largest absolute Gasteiger partial charge is 0.550 e. The van der Waals surface area contributed by atoms with Gasteiger partial charge in [-0.2, -0.15) is 0 Å². The van der Waals surface area contributed by atoms with Gasteiger partial charge >= 0.3 is 0 Å². The number of aliphatic carboxylic acids is 1. The molecule has 0 atom stereocenters. The minimum Gasteiger partial charge on any atom is -0.550 e. The molecule has 3 nitrogen and oxygen atoms in total.